The van der Waals surface area contributed by atoms with E-state index in [4.69, 9.17) is 9.47 Å². The Kier molecular flexibility index (Phi) is 7.30. The third kappa shape index (κ3) is 5.84. The van der Waals surface area contributed by atoms with Crippen molar-refractivity contribution >= 4 is 10.9 Å². The van der Waals surface area contributed by atoms with Gasteiger partial charge in [-0.15, -0.1) is 10.2 Å². The number of hydrogen-bond acceptors (Lipinski definition) is 5. The number of hydrogen-bond donors (Lipinski definition) is 1. The predicted octanol–water partition coefficient (Wildman–Crippen LogP) is 5.83. The van der Waals surface area contributed by atoms with Crippen LogP contribution in [0.25, 0.3) is 22.3 Å². The topological polar surface area (TPSA) is 77.8 Å². The molecule has 7 nitrogen and oxygen atoms in total. The summed E-state index contributed by atoms with van der Waals surface area (Å²) < 4.78 is 14.3. The van der Waals surface area contributed by atoms with Crippen LogP contribution < -0.4 is 9.47 Å². The lowest BCUT2D eigenvalue weighted by Crippen LogP contribution is -2.14. The van der Waals surface area contributed by atoms with Crippen LogP contribution in [0, 0.1) is 5.41 Å². The molecule has 0 radical (unpaired) electrons. The molecule has 0 aliphatic rings. The van der Waals surface area contributed by atoms with Gasteiger partial charge in [0.05, 0.1) is 0 Å². The lowest BCUT2D eigenvalue weighted by Gasteiger charge is -2.20. The Labute approximate surface area is 200 Å². The molecule has 0 saturated carbocycles. The van der Waals surface area contributed by atoms with Gasteiger partial charge in [0.2, 0.25) is 5.82 Å². The standard InChI is InChI=1S/C27H33N5O2/c1-5-8-23-22-15-16-32(19-27(2,3)4)24(22)13-14-25(23)34-18-7-6-17-33-21-11-9-20(10-12-21)26-28-30-31-29-26/h6-7,9-16H,5,8,17-19H2,1-4H3,(H,28,29,30,31). The molecule has 0 unspecified atom stereocenters. The normalized spacial score (nSPS) is 12.0. The maximum absolute atomic E-state index is 6.14. The number of nitrogens with one attached hydrogen (secondary N) is 1. The van der Waals surface area contributed by atoms with Gasteiger partial charge >= 0.3 is 0 Å². The lowest BCUT2D eigenvalue weighted by molar-refractivity contribution is 0.347. The molecule has 34 heavy (non-hydrogen) atoms. The molecule has 2 aromatic heterocycles. The number of nitrogens with zero attached hydrogens (tertiary/aromatic N) is 4. The Bertz CT molecular complexity index is 1220. The van der Waals surface area contributed by atoms with Gasteiger partial charge in [0.25, 0.3) is 0 Å². The van der Waals surface area contributed by atoms with E-state index in [9.17, 15) is 0 Å². The van der Waals surface area contributed by atoms with Crippen LogP contribution in [0.2, 0.25) is 0 Å². The van der Waals surface area contributed by atoms with E-state index in [1.165, 1.54) is 16.5 Å². The Balaban J connectivity index is 1.33. The van der Waals surface area contributed by atoms with E-state index in [1.54, 1.807) is 0 Å². The van der Waals surface area contributed by atoms with Gasteiger partial charge in [-0.2, -0.15) is 5.21 Å². The van der Waals surface area contributed by atoms with Crippen molar-refractivity contribution in [2.45, 2.75) is 47.1 Å². The van der Waals surface area contributed by atoms with Crippen LogP contribution >= 0.6 is 0 Å². The van der Waals surface area contributed by atoms with Gasteiger partial charge in [0, 0.05) is 34.8 Å². The number of rotatable bonds is 10. The molecule has 0 spiro atoms. The first-order valence-corrected chi connectivity index (χ1v) is 11.8. The largest absolute Gasteiger partial charge is 0.490 e. The number of ether oxygens (including phenoxy) is 2. The van der Waals surface area contributed by atoms with Gasteiger partial charge in [-0.25, -0.2) is 0 Å². The number of aromatic amines is 1. The fraction of sp³-hybridized carbons (Fsp3) is 0.370. The first-order valence-electron chi connectivity index (χ1n) is 11.8. The molecule has 0 aliphatic heterocycles. The summed E-state index contributed by atoms with van der Waals surface area (Å²) in [5.74, 6) is 2.31. The van der Waals surface area contributed by atoms with E-state index in [0.717, 1.165) is 36.4 Å². The van der Waals surface area contributed by atoms with E-state index in [1.807, 2.05) is 36.4 Å². The third-order valence-electron chi connectivity index (χ3n) is 5.47. The Hall–Kier alpha value is -3.61. The van der Waals surface area contributed by atoms with Gasteiger partial charge < -0.3 is 14.0 Å². The SMILES string of the molecule is CCCc1c(OCC=CCOc2ccc(-c3nn[nH]n3)cc2)ccc2c1ccn2CC(C)(C)C. The second kappa shape index (κ2) is 10.5. The predicted molar refractivity (Wildman–Crippen MR) is 135 cm³/mol. The average molecular weight is 460 g/mol. The molecule has 4 rings (SSSR count). The van der Waals surface area contributed by atoms with Crippen LogP contribution in [0.15, 0.2) is 60.8 Å². The highest BCUT2D eigenvalue weighted by Crippen LogP contribution is 2.31. The van der Waals surface area contributed by atoms with E-state index >= 15 is 0 Å². The van der Waals surface area contributed by atoms with Crippen LogP contribution in [0.1, 0.15) is 39.7 Å². The van der Waals surface area contributed by atoms with Gasteiger partial charge in [-0.3, -0.25) is 0 Å². The minimum atomic E-state index is 0.231. The Morgan fingerprint density at radius 3 is 2.41 bits per heavy atom. The zero-order valence-electron chi connectivity index (χ0n) is 20.4. The fourth-order valence-corrected chi connectivity index (χ4v) is 4.01. The summed E-state index contributed by atoms with van der Waals surface area (Å²) in [4.78, 5) is 0. The number of H-pyrrole nitrogens is 1. The molecular formula is C27H33N5O2. The van der Waals surface area contributed by atoms with Crippen molar-refractivity contribution < 1.29 is 9.47 Å². The second-order valence-electron chi connectivity index (χ2n) is 9.58. The number of benzene rings is 2. The van der Waals surface area contributed by atoms with E-state index < -0.39 is 0 Å². The number of tetrazole rings is 1. The average Bonchev–Trinajstić information content (AvgIpc) is 3.48. The van der Waals surface area contributed by atoms with Crippen LogP contribution in [-0.2, 0) is 13.0 Å². The molecule has 0 aliphatic carbocycles. The second-order valence-corrected chi connectivity index (χ2v) is 9.58. The van der Waals surface area contributed by atoms with Gasteiger partial charge in [0.15, 0.2) is 0 Å². The van der Waals surface area contributed by atoms with E-state index in [-0.39, 0.29) is 5.41 Å². The van der Waals surface area contributed by atoms with Crippen molar-refractivity contribution in [1.82, 2.24) is 25.2 Å². The minimum absolute atomic E-state index is 0.231. The zero-order chi connectivity index (χ0) is 24.0. The molecule has 0 amide bonds. The van der Waals surface area contributed by atoms with Gasteiger partial charge in [0.1, 0.15) is 24.7 Å². The van der Waals surface area contributed by atoms with Crippen molar-refractivity contribution in [3.05, 3.63) is 66.4 Å². The van der Waals surface area contributed by atoms with Crippen LogP contribution in [0.4, 0.5) is 0 Å². The van der Waals surface area contributed by atoms with Crippen LogP contribution in [0.3, 0.4) is 0 Å². The molecule has 4 aromatic rings. The highest BCUT2D eigenvalue weighted by Gasteiger charge is 2.15. The van der Waals surface area contributed by atoms with Crippen LogP contribution in [0.5, 0.6) is 11.5 Å². The van der Waals surface area contributed by atoms with Crippen molar-refractivity contribution in [2.24, 2.45) is 5.41 Å². The molecule has 2 aromatic carbocycles. The summed E-state index contributed by atoms with van der Waals surface area (Å²) in [6.45, 7) is 11.0. The van der Waals surface area contributed by atoms with E-state index in [0.29, 0.717) is 19.0 Å². The molecule has 0 fully saturated rings. The molecule has 0 saturated heterocycles. The third-order valence-corrected chi connectivity index (χ3v) is 5.47. The van der Waals surface area contributed by atoms with Crippen molar-refractivity contribution in [3.63, 3.8) is 0 Å². The quantitative estimate of drug-likeness (QED) is 0.302. The first-order chi connectivity index (χ1) is 16.4. The lowest BCUT2D eigenvalue weighted by atomic mass is 9.97. The first kappa shape index (κ1) is 23.5. The van der Waals surface area contributed by atoms with Crippen molar-refractivity contribution in [1.29, 1.82) is 0 Å². The Morgan fingerprint density at radius 2 is 1.74 bits per heavy atom. The smallest absolute Gasteiger partial charge is 0.204 e. The number of aromatic nitrogens is 5. The monoisotopic (exact) mass is 459 g/mol. The minimum Gasteiger partial charge on any atom is -0.490 e. The molecule has 0 bridgehead atoms. The van der Waals surface area contributed by atoms with Crippen molar-refractivity contribution in [3.8, 4) is 22.9 Å². The molecule has 0 atom stereocenters. The highest BCUT2D eigenvalue weighted by molar-refractivity contribution is 5.86. The summed E-state index contributed by atoms with van der Waals surface area (Å²) in [5.41, 5.74) is 3.69. The fourth-order valence-electron chi connectivity index (χ4n) is 4.01. The number of fused-ring (bicyclic) bond motifs is 1. The summed E-state index contributed by atoms with van der Waals surface area (Å²) in [5, 5.41) is 15.3. The summed E-state index contributed by atoms with van der Waals surface area (Å²) in [7, 11) is 0. The maximum Gasteiger partial charge on any atom is 0.204 e. The molecule has 178 valence electrons. The Morgan fingerprint density at radius 1 is 0.971 bits per heavy atom. The van der Waals surface area contributed by atoms with Gasteiger partial charge in [-0.1, -0.05) is 34.1 Å². The molecular weight excluding hydrogens is 426 g/mol. The zero-order valence-corrected chi connectivity index (χ0v) is 20.4. The summed E-state index contributed by atoms with van der Waals surface area (Å²) >= 11 is 0. The van der Waals surface area contributed by atoms with E-state index in [2.05, 4.69) is 77.3 Å². The van der Waals surface area contributed by atoms with Gasteiger partial charge in [-0.05, 0) is 71.7 Å². The number of aryl methyl sites for hydroxylation is 1. The molecule has 7 heteroatoms. The van der Waals surface area contributed by atoms with Crippen LogP contribution in [-0.4, -0.2) is 38.4 Å². The highest BCUT2D eigenvalue weighted by atomic mass is 16.5. The summed E-state index contributed by atoms with van der Waals surface area (Å²) in [6.07, 6.45) is 8.25. The molecule has 2 heterocycles. The summed E-state index contributed by atoms with van der Waals surface area (Å²) in [6, 6.07) is 14.1. The maximum atomic E-state index is 6.14. The molecule has 1 N–H and O–H groups in total. The van der Waals surface area contributed by atoms with Crippen molar-refractivity contribution in [2.75, 3.05) is 13.2 Å².